The van der Waals surface area contributed by atoms with Crippen molar-refractivity contribution in [3.05, 3.63) is 29.3 Å². The van der Waals surface area contributed by atoms with Crippen LogP contribution < -0.4 is 5.32 Å². The predicted octanol–water partition coefficient (Wildman–Crippen LogP) is 4.99. The highest BCUT2D eigenvalue weighted by Crippen LogP contribution is 2.33. The first-order chi connectivity index (χ1) is 9.29. The Bertz CT molecular complexity index is 379. The van der Waals surface area contributed by atoms with Crippen molar-refractivity contribution in [3.63, 3.8) is 0 Å². The number of hydrogen-bond acceptors (Lipinski definition) is 2. The molecule has 1 saturated carbocycles. The lowest BCUT2D eigenvalue weighted by Gasteiger charge is -2.30. The molecule has 0 heterocycles. The van der Waals surface area contributed by atoms with Crippen molar-refractivity contribution >= 4 is 23.4 Å². The maximum atomic E-state index is 6.21. The molecule has 1 fully saturated rings. The van der Waals surface area contributed by atoms with Crippen molar-refractivity contribution in [3.8, 4) is 0 Å². The van der Waals surface area contributed by atoms with E-state index in [1.165, 1.54) is 37.0 Å². The van der Waals surface area contributed by atoms with E-state index in [1.807, 2.05) is 23.9 Å². The van der Waals surface area contributed by atoms with E-state index in [9.17, 15) is 0 Å². The van der Waals surface area contributed by atoms with Crippen LogP contribution in [0.3, 0.4) is 0 Å². The Kier molecular flexibility index (Phi) is 6.55. The average molecular weight is 298 g/mol. The number of thioether (sulfide) groups is 1. The van der Waals surface area contributed by atoms with Gasteiger partial charge in [-0.05, 0) is 37.4 Å². The number of benzene rings is 1. The summed E-state index contributed by atoms with van der Waals surface area (Å²) < 4.78 is 0. The first-order valence-corrected chi connectivity index (χ1v) is 8.76. The molecule has 1 unspecified atom stereocenters. The molecule has 1 aromatic carbocycles. The van der Waals surface area contributed by atoms with Crippen molar-refractivity contribution in [1.82, 2.24) is 5.32 Å². The Morgan fingerprint density at radius 2 is 2.16 bits per heavy atom. The fourth-order valence-electron chi connectivity index (χ4n) is 2.44. The van der Waals surface area contributed by atoms with E-state index in [0.29, 0.717) is 6.04 Å². The molecule has 0 aliphatic heterocycles. The predicted molar refractivity (Wildman–Crippen MR) is 86.2 cm³/mol. The molecule has 1 aromatic rings. The van der Waals surface area contributed by atoms with Crippen LogP contribution in [0.2, 0.25) is 5.02 Å². The van der Waals surface area contributed by atoms with E-state index >= 15 is 0 Å². The molecule has 0 bridgehead atoms. The maximum Gasteiger partial charge on any atom is 0.0541 e. The first kappa shape index (κ1) is 15.2. The smallest absolute Gasteiger partial charge is 0.0541 e. The van der Waals surface area contributed by atoms with Crippen LogP contribution in [0, 0.1) is 5.92 Å². The van der Waals surface area contributed by atoms with Crippen molar-refractivity contribution in [2.75, 3.05) is 12.3 Å². The van der Waals surface area contributed by atoms with Crippen LogP contribution >= 0.6 is 23.4 Å². The highest BCUT2D eigenvalue weighted by Gasteiger charge is 2.22. The molecule has 1 atom stereocenters. The van der Waals surface area contributed by atoms with Crippen molar-refractivity contribution in [2.24, 2.45) is 5.92 Å². The molecule has 1 aliphatic carbocycles. The van der Waals surface area contributed by atoms with Crippen molar-refractivity contribution < 1.29 is 0 Å². The van der Waals surface area contributed by atoms with Crippen molar-refractivity contribution in [2.45, 2.75) is 50.0 Å². The third-order valence-corrected chi connectivity index (χ3v) is 5.48. The third-order valence-electron chi connectivity index (χ3n) is 3.80. The SMILES string of the molecule is CCCNC(CSc1ccccc1Cl)CC1CCC1. The quantitative estimate of drug-likeness (QED) is 0.678. The molecule has 1 nitrogen and oxygen atoms in total. The Morgan fingerprint density at radius 3 is 2.79 bits per heavy atom. The number of rotatable bonds is 8. The first-order valence-electron chi connectivity index (χ1n) is 7.40. The van der Waals surface area contributed by atoms with Crippen LogP contribution in [0.5, 0.6) is 0 Å². The van der Waals surface area contributed by atoms with Gasteiger partial charge in [0.1, 0.15) is 0 Å². The Labute approximate surface area is 126 Å². The van der Waals surface area contributed by atoms with Crippen molar-refractivity contribution in [1.29, 1.82) is 0 Å². The monoisotopic (exact) mass is 297 g/mol. The van der Waals surface area contributed by atoms with E-state index in [2.05, 4.69) is 24.4 Å². The largest absolute Gasteiger partial charge is 0.313 e. The molecule has 0 amide bonds. The van der Waals surface area contributed by atoms with Gasteiger partial charge in [0.2, 0.25) is 0 Å². The zero-order valence-corrected chi connectivity index (χ0v) is 13.3. The minimum absolute atomic E-state index is 0.631. The average Bonchev–Trinajstić information content (AvgIpc) is 2.37. The van der Waals surface area contributed by atoms with Crippen LogP contribution in [-0.2, 0) is 0 Å². The molecule has 0 spiro atoms. The van der Waals surface area contributed by atoms with Crippen LogP contribution in [-0.4, -0.2) is 18.3 Å². The standard InChI is InChI=1S/C16H24ClNS/c1-2-10-18-14(11-13-6-5-7-13)12-19-16-9-4-3-8-15(16)17/h3-4,8-9,13-14,18H,2,5-7,10-12H2,1H3. The second-order valence-corrected chi connectivity index (χ2v) is 6.89. The van der Waals surface area contributed by atoms with E-state index in [4.69, 9.17) is 11.6 Å². The van der Waals surface area contributed by atoms with Gasteiger partial charge in [0.15, 0.2) is 0 Å². The van der Waals surface area contributed by atoms with Crippen LogP contribution in [0.25, 0.3) is 0 Å². The van der Waals surface area contributed by atoms with Gasteiger partial charge in [-0.3, -0.25) is 0 Å². The second kappa shape index (κ2) is 8.18. The van der Waals surface area contributed by atoms with E-state index < -0.39 is 0 Å². The summed E-state index contributed by atoms with van der Waals surface area (Å²) >= 11 is 8.10. The van der Waals surface area contributed by atoms with Crippen LogP contribution in [0.15, 0.2) is 29.2 Å². The molecular weight excluding hydrogens is 274 g/mol. The summed E-state index contributed by atoms with van der Waals surface area (Å²) in [7, 11) is 0. The van der Waals surface area contributed by atoms with Gasteiger partial charge >= 0.3 is 0 Å². The molecule has 19 heavy (non-hydrogen) atoms. The summed E-state index contributed by atoms with van der Waals surface area (Å²) in [4.78, 5) is 1.21. The van der Waals surface area contributed by atoms with Gasteiger partial charge in [0, 0.05) is 16.7 Å². The molecular formula is C16H24ClNS. The van der Waals surface area contributed by atoms with E-state index in [0.717, 1.165) is 23.2 Å². The Balaban J connectivity index is 1.82. The fourth-order valence-corrected chi connectivity index (χ4v) is 3.76. The normalized spacial score (nSPS) is 17.2. The summed E-state index contributed by atoms with van der Waals surface area (Å²) in [6.45, 7) is 3.36. The lowest BCUT2D eigenvalue weighted by atomic mass is 9.81. The second-order valence-electron chi connectivity index (χ2n) is 5.43. The highest BCUT2D eigenvalue weighted by molar-refractivity contribution is 7.99. The molecule has 3 heteroatoms. The number of hydrogen-bond donors (Lipinski definition) is 1. The zero-order chi connectivity index (χ0) is 13.5. The summed E-state index contributed by atoms with van der Waals surface area (Å²) in [5.74, 6) is 2.08. The summed E-state index contributed by atoms with van der Waals surface area (Å²) in [5, 5.41) is 4.57. The van der Waals surface area contributed by atoms with Gasteiger partial charge in [0.25, 0.3) is 0 Å². The summed E-state index contributed by atoms with van der Waals surface area (Å²) in [6.07, 6.45) is 6.83. The third kappa shape index (κ3) is 5.02. The highest BCUT2D eigenvalue weighted by atomic mass is 35.5. The van der Waals surface area contributed by atoms with Crippen LogP contribution in [0.1, 0.15) is 39.0 Å². The number of nitrogens with one attached hydrogen (secondary N) is 1. The topological polar surface area (TPSA) is 12.0 Å². The van der Waals surface area contributed by atoms with Gasteiger partial charge in [-0.15, -0.1) is 11.8 Å². The molecule has 106 valence electrons. The summed E-state index contributed by atoms with van der Waals surface area (Å²) in [6, 6.07) is 8.78. The zero-order valence-electron chi connectivity index (χ0n) is 11.7. The molecule has 0 aromatic heterocycles. The van der Waals surface area contributed by atoms with Crippen LogP contribution in [0.4, 0.5) is 0 Å². The molecule has 1 aliphatic rings. The molecule has 2 rings (SSSR count). The molecule has 1 N–H and O–H groups in total. The fraction of sp³-hybridized carbons (Fsp3) is 0.625. The minimum atomic E-state index is 0.631. The van der Waals surface area contributed by atoms with Gasteiger partial charge in [-0.1, -0.05) is 49.9 Å². The van der Waals surface area contributed by atoms with E-state index in [-0.39, 0.29) is 0 Å². The minimum Gasteiger partial charge on any atom is -0.313 e. The van der Waals surface area contributed by atoms with Gasteiger partial charge < -0.3 is 5.32 Å². The lowest BCUT2D eigenvalue weighted by Crippen LogP contribution is -2.35. The lowest BCUT2D eigenvalue weighted by molar-refractivity contribution is 0.268. The maximum absolute atomic E-state index is 6.21. The van der Waals surface area contributed by atoms with E-state index in [1.54, 1.807) is 0 Å². The Hall–Kier alpha value is -0.180. The number of halogens is 1. The Morgan fingerprint density at radius 1 is 1.37 bits per heavy atom. The summed E-state index contributed by atoms with van der Waals surface area (Å²) in [5.41, 5.74) is 0. The molecule has 0 radical (unpaired) electrons. The van der Waals surface area contributed by atoms with Gasteiger partial charge in [-0.2, -0.15) is 0 Å². The van der Waals surface area contributed by atoms with Gasteiger partial charge in [-0.25, -0.2) is 0 Å². The molecule has 0 saturated heterocycles. The van der Waals surface area contributed by atoms with Gasteiger partial charge in [0.05, 0.1) is 5.02 Å².